The van der Waals surface area contributed by atoms with Gasteiger partial charge in [-0.25, -0.2) is 4.57 Å². The first-order chi connectivity index (χ1) is 14.9. The van der Waals surface area contributed by atoms with Crippen molar-refractivity contribution in [3.05, 3.63) is 60.7 Å². The number of amides is 2. The van der Waals surface area contributed by atoms with Crippen LogP contribution in [0.15, 0.2) is 60.7 Å². The summed E-state index contributed by atoms with van der Waals surface area (Å²) in [6, 6.07) is 16.6. The Morgan fingerprint density at radius 3 is 2.06 bits per heavy atom. The summed E-state index contributed by atoms with van der Waals surface area (Å²) in [5, 5.41) is 0. The number of primary amides is 1. The van der Waals surface area contributed by atoms with Crippen LogP contribution >= 0.6 is 7.60 Å². The number of likely N-dealkylation sites (tertiary alicyclic amines) is 1. The van der Waals surface area contributed by atoms with E-state index in [1.165, 1.54) is 0 Å². The molecule has 1 aliphatic carbocycles. The van der Waals surface area contributed by atoms with Gasteiger partial charge in [-0.05, 0) is 49.4 Å². The highest BCUT2D eigenvalue weighted by molar-refractivity contribution is 7.55. The molecule has 2 aliphatic rings. The van der Waals surface area contributed by atoms with E-state index in [-0.39, 0.29) is 30.7 Å². The van der Waals surface area contributed by atoms with Crippen molar-refractivity contribution in [1.82, 2.24) is 4.90 Å². The summed E-state index contributed by atoms with van der Waals surface area (Å²) in [7, 11) is -3.85. The molecule has 31 heavy (non-hydrogen) atoms. The maximum Gasteiger partial charge on any atom is 0.453 e. The van der Waals surface area contributed by atoms with Crippen molar-refractivity contribution < 1.29 is 23.2 Å². The van der Waals surface area contributed by atoms with Crippen molar-refractivity contribution in [2.45, 2.75) is 43.5 Å². The van der Waals surface area contributed by atoms with E-state index in [0.29, 0.717) is 17.9 Å². The Bertz CT molecular complexity index is 942. The number of benzene rings is 2. The number of rotatable bonds is 9. The molecule has 0 spiro atoms. The number of fused-ring (bicyclic) bond motifs is 1. The fourth-order valence-corrected chi connectivity index (χ4v) is 6.26. The molecule has 1 aliphatic heterocycles. The van der Waals surface area contributed by atoms with Gasteiger partial charge in [0.25, 0.3) is 0 Å². The minimum absolute atomic E-state index is 0.0121. The summed E-state index contributed by atoms with van der Waals surface area (Å²) >= 11 is 0. The molecular formula is C22H26N3O5P. The third kappa shape index (κ3) is 4.75. The number of piperidine rings is 1. The minimum atomic E-state index is -3.85. The summed E-state index contributed by atoms with van der Waals surface area (Å²) in [6.07, 6.45) is 1.49. The Balaban J connectivity index is 1.62. The van der Waals surface area contributed by atoms with Gasteiger partial charge >= 0.3 is 7.60 Å². The fourth-order valence-electron chi connectivity index (χ4n) is 4.03. The van der Waals surface area contributed by atoms with Crippen molar-refractivity contribution in [2.24, 2.45) is 17.4 Å². The Morgan fingerprint density at radius 1 is 1.00 bits per heavy atom. The molecule has 9 heteroatoms. The van der Waals surface area contributed by atoms with Gasteiger partial charge in [0.2, 0.25) is 11.8 Å². The molecule has 4 rings (SSSR count). The maximum absolute atomic E-state index is 14.2. The van der Waals surface area contributed by atoms with Crippen LogP contribution in [0, 0.1) is 5.92 Å². The lowest BCUT2D eigenvalue weighted by molar-refractivity contribution is -0.133. The molecular weight excluding hydrogens is 417 g/mol. The Labute approximate surface area is 181 Å². The summed E-state index contributed by atoms with van der Waals surface area (Å²) in [5.74, 6) is -0.602. The highest BCUT2D eigenvalue weighted by atomic mass is 31.2. The number of nitrogens with zero attached hydrogens (tertiary/aromatic N) is 1. The molecule has 0 bridgehead atoms. The largest absolute Gasteiger partial charge is 0.453 e. The van der Waals surface area contributed by atoms with Crippen molar-refractivity contribution >= 4 is 19.4 Å². The van der Waals surface area contributed by atoms with Crippen LogP contribution in [0.4, 0.5) is 0 Å². The van der Waals surface area contributed by atoms with Gasteiger partial charge in [0, 0.05) is 12.5 Å². The lowest BCUT2D eigenvalue weighted by atomic mass is 10.1. The average molecular weight is 443 g/mol. The molecule has 2 fully saturated rings. The lowest BCUT2D eigenvalue weighted by Crippen LogP contribution is -2.48. The van der Waals surface area contributed by atoms with E-state index in [4.69, 9.17) is 20.5 Å². The first kappa shape index (κ1) is 21.4. The summed E-state index contributed by atoms with van der Waals surface area (Å²) in [4.78, 5) is 25.9. The van der Waals surface area contributed by atoms with E-state index in [2.05, 4.69) is 0 Å². The normalized spacial score (nSPS) is 23.0. The third-order valence-corrected chi connectivity index (χ3v) is 7.79. The van der Waals surface area contributed by atoms with Crippen molar-refractivity contribution in [1.29, 1.82) is 0 Å². The second-order valence-corrected chi connectivity index (χ2v) is 10.0. The van der Waals surface area contributed by atoms with Gasteiger partial charge in [0.15, 0.2) is 5.78 Å². The quantitative estimate of drug-likeness (QED) is 0.574. The van der Waals surface area contributed by atoms with Gasteiger partial charge < -0.3 is 25.4 Å². The van der Waals surface area contributed by atoms with Crippen LogP contribution in [0.5, 0.6) is 11.5 Å². The highest BCUT2D eigenvalue weighted by Crippen LogP contribution is 2.63. The zero-order valence-corrected chi connectivity index (χ0v) is 17.9. The van der Waals surface area contributed by atoms with Crippen LogP contribution < -0.4 is 20.5 Å². The molecule has 1 saturated heterocycles. The smallest absolute Gasteiger partial charge is 0.415 e. The Hall–Kier alpha value is -2.83. The van der Waals surface area contributed by atoms with E-state index in [1.807, 2.05) is 12.1 Å². The second-order valence-electron chi connectivity index (χ2n) is 7.98. The maximum atomic E-state index is 14.2. The van der Waals surface area contributed by atoms with Crippen LogP contribution in [0.1, 0.15) is 25.7 Å². The number of carbonyl (C=O) groups excluding carboxylic acids is 2. The molecule has 8 nitrogen and oxygen atoms in total. The van der Waals surface area contributed by atoms with Crippen molar-refractivity contribution in [2.75, 3.05) is 0 Å². The molecule has 0 aromatic heterocycles. The van der Waals surface area contributed by atoms with Crippen LogP contribution in [0.3, 0.4) is 0 Å². The van der Waals surface area contributed by atoms with E-state index in [0.717, 1.165) is 6.42 Å². The van der Waals surface area contributed by atoms with E-state index < -0.39 is 25.3 Å². The number of carbonyl (C=O) groups is 2. The number of para-hydroxylation sites is 2. The lowest BCUT2D eigenvalue weighted by Gasteiger charge is -2.34. The Kier molecular flexibility index (Phi) is 6.03. The van der Waals surface area contributed by atoms with Crippen LogP contribution in [0.2, 0.25) is 0 Å². The number of nitrogens with two attached hydrogens (primary N) is 2. The first-order valence-corrected chi connectivity index (χ1v) is 11.9. The molecule has 3 unspecified atom stereocenters. The molecule has 4 N–H and O–H groups in total. The monoisotopic (exact) mass is 443 g/mol. The Morgan fingerprint density at radius 2 is 1.55 bits per heavy atom. The van der Waals surface area contributed by atoms with E-state index in [9.17, 15) is 14.2 Å². The topological polar surface area (TPSA) is 125 Å². The van der Waals surface area contributed by atoms with Gasteiger partial charge in [-0.2, -0.15) is 0 Å². The van der Waals surface area contributed by atoms with Gasteiger partial charge in [-0.3, -0.25) is 9.59 Å². The fraction of sp³-hybridized carbons (Fsp3) is 0.364. The highest BCUT2D eigenvalue weighted by Gasteiger charge is 2.62. The predicted octanol–water partition coefficient (Wildman–Crippen LogP) is 2.88. The van der Waals surface area contributed by atoms with Crippen LogP contribution in [-0.4, -0.2) is 34.6 Å². The molecule has 164 valence electrons. The SMILES string of the molecule is NC(=O)CC[C@H](N)C(=O)N1C2CC2CC1P(=O)(Oc1ccccc1)Oc1ccccc1. The second kappa shape index (κ2) is 8.73. The summed E-state index contributed by atoms with van der Waals surface area (Å²) in [6.45, 7) is 0. The van der Waals surface area contributed by atoms with Gasteiger partial charge in [-0.15, -0.1) is 0 Å². The van der Waals surface area contributed by atoms with Gasteiger partial charge in [0.1, 0.15) is 11.5 Å². The van der Waals surface area contributed by atoms with E-state index >= 15 is 0 Å². The minimum Gasteiger partial charge on any atom is -0.415 e. The van der Waals surface area contributed by atoms with E-state index in [1.54, 1.807) is 53.4 Å². The molecule has 2 amide bonds. The molecule has 1 heterocycles. The number of hydrogen-bond acceptors (Lipinski definition) is 6. The zero-order chi connectivity index (χ0) is 22.0. The summed E-state index contributed by atoms with van der Waals surface area (Å²) in [5.41, 5.74) is 11.3. The molecule has 4 atom stereocenters. The van der Waals surface area contributed by atoms with Crippen LogP contribution in [-0.2, 0) is 14.2 Å². The molecule has 2 aromatic carbocycles. The molecule has 0 radical (unpaired) electrons. The first-order valence-electron chi connectivity index (χ1n) is 10.3. The van der Waals surface area contributed by atoms with Crippen molar-refractivity contribution in [3.63, 3.8) is 0 Å². The number of hydrogen-bond donors (Lipinski definition) is 2. The predicted molar refractivity (Wildman–Crippen MR) is 115 cm³/mol. The van der Waals surface area contributed by atoms with Crippen LogP contribution in [0.25, 0.3) is 0 Å². The van der Waals surface area contributed by atoms with Gasteiger partial charge in [-0.1, -0.05) is 36.4 Å². The standard InChI is InChI=1S/C22H26N3O5P/c23-18(11-12-20(24)26)22(27)25-19-13-15(19)14-21(25)31(28,29-16-7-3-1-4-8-16)30-17-9-5-2-6-10-17/h1-10,15,18-19,21H,11-14,23H2,(H2,24,26)/t15?,18-,19?,21?/m0/s1. The molecule has 1 saturated carbocycles. The van der Waals surface area contributed by atoms with Gasteiger partial charge in [0.05, 0.1) is 6.04 Å². The zero-order valence-electron chi connectivity index (χ0n) is 17.0. The third-order valence-electron chi connectivity index (χ3n) is 5.67. The summed E-state index contributed by atoms with van der Waals surface area (Å²) < 4.78 is 26.1. The average Bonchev–Trinajstić information content (AvgIpc) is 3.42. The molecule has 2 aromatic rings. The van der Waals surface area contributed by atoms with Crippen molar-refractivity contribution in [3.8, 4) is 11.5 Å².